The molecule has 3 nitrogen and oxygen atoms in total. The molecule has 0 aliphatic rings. The number of aryl methyl sites for hydroxylation is 1. The summed E-state index contributed by atoms with van der Waals surface area (Å²) < 4.78 is 27.2. The zero-order valence-corrected chi connectivity index (χ0v) is 9.10. The van der Waals surface area contributed by atoms with Crippen LogP contribution in [0.3, 0.4) is 0 Å². The summed E-state index contributed by atoms with van der Waals surface area (Å²) in [5.41, 5.74) is -0.273. The molecule has 1 aromatic heterocycles. The first-order chi connectivity index (χ1) is 6.12. The molecule has 0 N–H and O–H groups in total. The number of hydrogen-bond donors (Lipinski definition) is 0. The first-order valence-corrected chi connectivity index (χ1v) is 4.42. The van der Waals surface area contributed by atoms with E-state index < -0.39 is 11.7 Å². The molecule has 0 radical (unpaired) electrons. The standard InChI is InChI=1S/C9H15F2N3/c1-8(2,3)7-12-6(9(4,10)11)13-14(7)5/h1-5H3. The molecule has 0 amide bonds. The van der Waals surface area contributed by atoms with Gasteiger partial charge in [-0.15, -0.1) is 5.10 Å². The van der Waals surface area contributed by atoms with Crippen LogP contribution in [0.25, 0.3) is 0 Å². The Kier molecular flexibility index (Phi) is 2.37. The molecule has 0 aliphatic heterocycles. The van der Waals surface area contributed by atoms with Crippen LogP contribution in [0.5, 0.6) is 0 Å². The summed E-state index contributed by atoms with van der Waals surface area (Å²) >= 11 is 0. The van der Waals surface area contributed by atoms with Crippen LogP contribution in [-0.4, -0.2) is 14.8 Å². The molecule has 5 heteroatoms. The third kappa shape index (κ3) is 2.08. The molecule has 1 rings (SSSR count). The van der Waals surface area contributed by atoms with E-state index in [9.17, 15) is 8.78 Å². The average molecular weight is 203 g/mol. The van der Waals surface area contributed by atoms with Crippen molar-refractivity contribution >= 4 is 0 Å². The monoisotopic (exact) mass is 203 g/mol. The Hall–Kier alpha value is -1.00. The maximum absolute atomic E-state index is 12.9. The minimum Gasteiger partial charge on any atom is -0.252 e. The third-order valence-electron chi connectivity index (χ3n) is 1.83. The van der Waals surface area contributed by atoms with E-state index in [1.54, 1.807) is 7.05 Å². The van der Waals surface area contributed by atoms with Crippen molar-refractivity contribution in [3.8, 4) is 0 Å². The Balaban J connectivity index is 3.19. The first-order valence-electron chi connectivity index (χ1n) is 4.42. The van der Waals surface area contributed by atoms with Crippen LogP contribution in [0.1, 0.15) is 39.3 Å². The number of halogens is 2. The molecule has 0 saturated carbocycles. The smallest absolute Gasteiger partial charge is 0.252 e. The van der Waals surface area contributed by atoms with Gasteiger partial charge in [0.25, 0.3) is 0 Å². The first kappa shape index (κ1) is 11.1. The minimum atomic E-state index is -2.97. The van der Waals surface area contributed by atoms with Gasteiger partial charge in [0, 0.05) is 19.4 Å². The van der Waals surface area contributed by atoms with Gasteiger partial charge in [0.1, 0.15) is 5.82 Å². The number of rotatable bonds is 1. The lowest BCUT2D eigenvalue weighted by Gasteiger charge is -2.15. The Morgan fingerprint density at radius 3 is 1.86 bits per heavy atom. The molecule has 0 saturated heterocycles. The van der Waals surface area contributed by atoms with E-state index in [4.69, 9.17) is 0 Å². The van der Waals surface area contributed by atoms with Gasteiger partial charge in [0.05, 0.1) is 0 Å². The largest absolute Gasteiger partial charge is 0.305 e. The van der Waals surface area contributed by atoms with Crippen LogP contribution in [0.2, 0.25) is 0 Å². The van der Waals surface area contributed by atoms with Crippen molar-refractivity contribution in [2.45, 2.75) is 39.0 Å². The summed E-state index contributed by atoms with van der Waals surface area (Å²) in [5, 5.41) is 3.70. The van der Waals surface area contributed by atoms with E-state index >= 15 is 0 Å². The van der Waals surface area contributed by atoms with Crippen molar-refractivity contribution in [1.29, 1.82) is 0 Å². The molecule has 80 valence electrons. The number of hydrogen-bond acceptors (Lipinski definition) is 2. The van der Waals surface area contributed by atoms with Crippen molar-refractivity contribution < 1.29 is 8.78 Å². The van der Waals surface area contributed by atoms with Gasteiger partial charge >= 0.3 is 5.92 Å². The predicted molar refractivity (Wildman–Crippen MR) is 49.3 cm³/mol. The Morgan fingerprint density at radius 1 is 1.14 bits per heavy atom. The summed E-state index contributed by atoms with van der Waals surface area (Å²) in [4.78, 5) is 3.85. The topological polar surface area (TPSA) is 30.7 Å². The molecular weight excluding hydrogens is 188 g/mol. The van der Waals surface area contributed by atoms with E-state index in [0.29, 0.717) is 5.82 Å². The van der Waals surface area contributed by atoms with E-state index in [0.717, 1.165) is 6.92 Å². The number of alkyl halides is 2. The summed E-state index contributed by atoms with van der Waals surface area (Å²) in [7, 11) is 1.63. The Morgan fingerprint density at radius 2 is 1.64 bits per heavy atom. The van der Waals surface area contributed by atoms with Gasteiger partial charge in [-0.05, 0) is 0 Å². The normalized spacial score (nSPS) is 13.4. The molecule has 0 unspecified atom stereocenters. The van der Waals surface area contributed by atoms with Crippen LogP contribution in [0.15, 0.2) is 0 Å². The van der Waals surface area contributed by atoms with E-state index in [2.05, 4.69) is 10.1 Å². The maximum Gasteiger partial charge on any atom is 0.305 e. The predicted octanol–water partition coefficient (Wildman–Crippen LogP) is 2.22. The van der Waals surface area contributed by atoms with Crippen LogP contribution in [0.4, 0.5) is 8.78 Å². The Labute approximate surface area is 82.1 Å². The fourth-order valence-electron chi connectivity index (χ4n) is 1.22. The lowest BCUT2D eigenvalue weighted by molar-refractivity contribution is 0.00759. The molecule has 0 atom stereocenters. The Bertz CT molecular complexity index is 331. The van der Waals surface area contributed by atoms with Crippen LogP contribution in [-0.2, 0) is 18.4 Å². The van der Waals surface area contributed by atoms with Gasteiger partial charge in [0.15, 0.2) is 0 Å². The number of nitrogens with zero attached hydrogens (tertiary/aromatic N) is 3. The molecule has 1 heterocycles. The summed E-state index contributed by atoms with van der Waals surface area (Å²) in [6.45, 7) is 6.53. The van der Waals surface area contributed by atoms with Gasteiger partial charge < -0.3 is 0 Å². The molecular formula is C9H15F2N3. The molecule has 0 fully saturated rings. The highest BCUT2D eigenvalue weighted by atomic mass is 19.3. The third-order valence-corrected chi connectivity index (χ3v) is 1.83. The van der Waals surface area contributed by atoms with E-state index in [1.807, 2.05) is 20.8 Å². The van der Waals surface area contributed by atoms with Crippen molar-refractivity contribution in [1.82, 2.24) is 14.8 Å². The second-order valence-corrected chi connectivity index (χ2v) is 4.52. The number of aromatic nitrogens is 3. The quantitative estimate of drug-likeness (QED) is 0.700. The molecule has 0 aromatic carbocycles. The second-order valence-electron chi connectivity index (χ2n) is 4.52. The van der Waals surface area contributed by atoms with Gasteiger partial charge in [-0.25, -0.2) is 4.98 Å². The van der Waals surface area contributed by atoms with E-state index in [-0.39, 0.29) is 5.41 Å². The lowest BCUT2D eigenvalue weighted by atomic mass is 9.96. The van der Waals surface area contributed by atoms with Crippen molar-refractivity contribution in [2.75, 3.05) is 0 Å². The van der Waals surface area contributed by atoms with Crippen LogP contribution < -0.4 is 0 Å². The van der Waals surface area contributed by atoms with Crippen LogP contribution in [0, 0.1) is 0 Å². The summed E-state index contributed by atoms with van der Waals surface area (Å²) in [5.74, 6) is -2.82. The molecule has 0 bridgehead atoms. The van der Waals surface area contributed by atoms with Gasteiger partial charge in [-0.3, -0.25) is 4.68 Å². The molecule has 0 spiro atoms. The zero-order valence-electron chi connectivity index (χ0n) is 9.10. The van der Waals surface area contributed by atoms with E-state index in [1.165, 1.54) is 4.68 Å². The van der Waals surface area contributed by atoms with Gasteiger partial charge in [-0.2, -0.15) is 8.78 Å². The van der Waals surface area contributed by atoms with Crippen LogP contribution >= 0.6 is 0 Å². The SMILES string of the molecule is Cn1nc(C(C)(F)F)nc1C(C)(C)C. The highest BCUT2D eigenvalue weighted by Crippen LogP contribution is 2.27. The van der Waals surface area contributed by atoms with Gasteiger partial charge in [-0.1, -0.05) is 20.8 Å². The second kappa shape index (κ2) is 3.00. The zero-order chi connectivity index (χ0) is 11.1. The highest BCUT2D eigenvalue weighted by molar-refractivity contribution is 5.06. The summed E-state index contributed by atoms with van der Waals surface area (Å²) in [6, 6.07) is 0. The highest BCUT2D eigenvalue weighted by Gasteiger charge is 2.32. The van der Waals surface area contributed by atoms with Crippen molar-refractivity contribution in [2.24, 2.45) is 7.05 Å². The van der Waals surface area contributed by atoms with Crippen molar-refractivity contribution in [3.05, 3.63) is 11.6 Å². The summed E-state index contributed by atoms with van der Waals surface area (Å²) in [6.07, 6.45) is 0. The average Bonchev–Trinajstić information content (AvgIpc) is 2.27. The fraction of sp³-hybridized carbons (Fsp3) is 0.778. The minimum absolute atomic E-state index is 0.273. The molecule has 1 aromatic rings. The fourth-order valence-corrected chi connectivity index (χ4v) is 1.22. The van der Waals surface area contributed by atoms with Gasteiger partial charge in [0.2, 0.25) is 5.82 Å². The molecule has 14 heavy (non-hydrogen) atoms. The lowest BCUT2D eigenvalue weighted by Crippen LogP contribution is -2.17. The molecule has 0 aliphatic carbocycles. The van der Waals surface area contributed by atoms with Crippen molar-refractivity contribution in [3.63, 3.8) is 0 Å². The maximum atomic E-state index is 12.9.